The number of nitrogens with one attached hydrogen (secondary N) is 3. The van der Waals surface area contributed by atoms with Gasteiger partial charge in [0, 0.05) is 6.54 Å². The Morgan fingerprint density at radius 1 is 0.806 bits per heavy atom. The third-order valence-corrected chi connectivity index (χ3v) is 5.20. The number of carboxylic acids is 1. The Bertz CT molecular complexity index is 845. The normalized spacial score (nSPS) is 14.8. The van der Waals surface area contributed by atoms with E-state index >= 15 is 0 Å². The van der Waals surface area contributed by atoms with Gasteiger partial charge >= 0.3 is 5.97 Å². The van der Waals surface area contributed by atoms with Crippen LogP contribution in [-0.2, 0) is 28.8 Å². The molecule has 5 amide bonds. The Balaban J connectivity index is 5.54. The molecule has 0 saturated heterocycles. The first-order valence-electron chi connectivity index (χ1n) is 11.2. The van der Waals surface area contributed by atoms with Crippen LogP contribution in [-0.4, -0.2) is 77.3 Å². The molecular weight excluding hydrogens is 478 g/mol. The molecular formula is C20H37N9O7. The molecule has 0 bridgehead atoms. The Hall–Kier alpha value is -3.95. The van der Waals surface area contributed by atoms with Crippen molar-refractivity contribution < 1.29 is 33.9 Å². The van der Waals surface area contributed by atoms with Gasteiger partial charge in [-0.25, -0.2) is 4.79 Å². The maximum atomic E-state index is 12.8. The molecule has 14 N–H and O–H groups in total. The number of hydrogen-bond donors (Lipinski definition) is 9. The van der Waals surface area contributed by atoms with Crippen LogP contribution in [0.1, 0.15) is 46.0 Å². The first kappa shape index (κ1) is 32.0. The van der Waals surface area contributed by atoms with Crippen molar-refractivity contribution >= 4 is 41.5 Å². The number of carbonyl (C=O) groups excluding carboxylic acids is 5. The summed E-state index contributed by atoms with van der Waals surface area (Å²) in [6.07, 6.45) is -0.618. The van der Waals surface area contributed by atoms with Crippen LogP contribution < -0.4 is 44.6 Å². The van der Waals surface area contributed by atoms with E-state index in [2.05, 4.69) is 20.9 Å². The van der Waals surface area contributed by atoms with Crippen LogP contribution in [0.3, 0.4) is 0 Å². The molecule has 0 aromatic carbocycles. The van der Waals surface area contributed by atoms with Crippen LogP contribution in [0, 0.1) is 5.92 Å². The molecule has 0 fully saturated rings. The van der Waals surface area contributed by atoms with Gasteiger partial charge in [0.05, 0.1) is 18.9 Å². The maximum Gasteiger partial charge on any atom is 0.326 e. The zero-order valence-electron chi connectivity index (χ0n) is 20.4. The van der Waals surface area contributed by atoms with Crippen LogP contribution in [0.25, 0.3) is 0 Å². The summed E-state index contributed by atoms with van der Waals surface area (Å²) >= 11 is 0. The smallest absolute Gasteiger partial charge is 0.326 e. The molecule has 0 aliphatic rings. The summed E-state index contributed by atoms with van der Waals surface area (Å²) in [6.45, 7) is 3.64. The number of aliphatic imine (C=N–C) groups is 1. The highest BCUT2D eigenvalue weighted by Crippen LogP contribution is 2.07. The highest BCUT2D eigenvalue weighted by Gasteiger charge is 2.32. The fourth-order valence-corrected chi connectivity index (χ4v) is 2.91. The quantitative estimate of drug-likeness (QED) is 0.0509. The fraction of sp³-hybridized carbons (Fsp3) is 0.650. The van der Waals surface area contributed by atoms with Gasteiger partial charge in [-0.1, -0.05) is 20.3 Å². The average molecular weight is 516 g/mol. The van der Waals surface area contributed by atoms with Crippen molar-refractivity contribution in [2.75, 3.05) is 6.54 Å². The topological polar surface area (TPSA) is 301 Å². The lowest BCUT2D eigenvalue weighted by atomic mass is 9.99. The zero-order valence-corrected chi connectivity index (χ0v) is 20.4. The van der Waals surface area contributed by atoms with E-state index in [4.69, 9.17) is 28.7 Å². The van der Waals surface area contributed by atoms with Crippen LogP contribution in [0.2, 0.25) is 0 Å². The monoisotopic (exact) mass is 515 g/mol. The summed E-state index contributed by atoms with van der Waals surface area (Å²) in [4.78, 5) is 76.1. The molecule has 0 saturated carbocycles. The highest BCUT2D eigenvalue weighted by molar-refractivity contribution is 5.97. The van der Waals surface area contributed by atoms with Crippen molar-refractivity contribution in [2.45, 2.75) is 70.1 Å². The van der Waals surface area contributed by atoms with E-state index in [1.807, 2.05) is 6.92 Å². The van der Waals surface area contributed by atoms with Crippen molar-refractivity contribution in [3.05, 3.63) is 0 Å². The minimum Gasteiger partial charge on any atom is -0.480 e. The van der Waals surface area contributed by atoms with E-state index in [0.29, 0.717) is 6.42 Å². The highest BCUT2D eigenvalue weighted by atomic mass is 16.4. The predicted molar refractivity (Wildman–Crippen MR) is 128 cm³/mol. The van der Waals surface area contributed by atoms with E-state index < -0.39 is 72.5 Å². The Morgan fingerprint density at radius 3 is 1.64 bits per heavy atom. The molecule has 5 atom stereocenters. The van der Waals surface area contributed by atoms with Gasteiger partial charge in [0.2, 0.25) is 29.5 Å². The molecule has 5 unspecified atom stereocenters. The second-order valence-corrected chi connectivity index (χ2v) is 8.22. The Kier molecular flexibility index (Phi) is 14.1. The molecule has 16 nitrogen and oxygen atoms in total. The molecule has 0 aliphatic carbocycles. The number of nitrogens with two attached hydrogens (primary N) is 5. The minimum atomic E-state index is -1.61. The van der Waals surface area contributed by atoms with Gasteiger partial charge in [0.1, 0.15) is 18.1 Å². The number of carbonyl (C=O) groups is 6. The molecule has 0 aromatic heterocycles. The Morgan fingerprint density at radius 2 is 1.25 bits per heavy atom. The van der Waals surface area contributed by atoms with Crippen LogP contribution in [0.15, 0.2) is 4.99 Å². The van der Waals surface area contributed by atoms with Crippen molar-refractivity contribution in [2.24, 2.45) is 39.6 Å². The summed E-state index contributed by atoms with van der Waals surface area (Å²) in [6, 6.07) is -5.50. The van der Waals surface area contributed by atoms with E-state index in [9.17, 15) is 33.9 Å². The van der Waals surface area contributed by atoms with Crippen molar-refractivity contribution in [3.8, 4) is 0 Å². The molecule has 0 heterocycles. The van der Waals surface area contributed by atoms with E-state index in [1.54, 1.807) is 6.92 Å². The number of nitrogens with zero attached hydrogens (tertiary/aromatic N) is 1. The van der Waals surface area contributed by atoms with Gasteiger partial charge < -0.3 is 49.7 Å². The second kappa shape index (κ2) is 15.9. The SMILES string of the molecule is CCC(C)C(N)C(=O)NC(CC(N)=O)C(=O)NC(CC(N)=O)C(=O)NC(CCCN=C(N)N)C(=O)O. The molecule has 0 rings (SSSR count). The van der Waals surface area contributed by atoms with Crippen LogP contribution >= 0.6 is 0 Å². The second-order valence-electron chi connectivity index (χ2n) is 8.22. The number of aliphatic carboxylic acids is 1. The molecule has 0 spiro atoms. The summed E-state index contributed by atoms with van der Waals surface area (Å²) in [5.41, 5.74) is 26.6. The summed E-state index contributed by atoms with van der Waals surface area (Å²) in [7, 11) is 0. The fourth-order valence-electron chi connectivity index (χ4n) is 2.91. The van der Waals surface area contributed by atoms with Crippen LogP contribution in [0.5, 0.6) is 0 Å². The lowest BCUT2D eigenvalue weighted by molar-refractivity contribution is -0.142. The van der Waals surface area contributed by atoms with E-state index in [-0.39, 0.29) is 31.3 Å². The van der Waals surface area contributed by atoms with Gasteiger partial charge in [-0.3, -0.25) is 29.0 Å². The average Bonchev–Trinajstić information content (AvgIpc) is 2.77. The number of amides is 5. The molecule has 36 heavy (non-hydrogen) atoms. The first-order chi connectivity index (χ1) is 16.7. The molecule has 16 heteroatoms. The van der Waals surface area contributed by atoms with E-state index in [1.165, 1.54) is 0 Å². The molecule has 0 aliphatic heterocycles. The standard InChI is InChI=1S/C20H37N9O7/c1-3-9(2)15(23)18(34)29-12(8-14(22)31)17(33)28-11(7-13(21)30)16(32)27-10(19(35)36)5-4-6-26-20(24)25/h9-12,15H,3-8,23H2,1-2H3,(H2,21,30)(H2,22,31)(H,27,32)(H,28,33)(H,29,34)(H,35,36)(H4,24,25,26). The number of carboxylic acid groups (broad SMARTS) is 1. The summed E-state index contributed by atoms with van der Waals surface area (Å²) in [5, 5.41) is 16.1. The van der Waals surface area contributed by atoms with Gasteiger partial charge in [-0.15, -0.1) is 0 Å². The van der Waals surface area contributed by atoms with E-state index in [0.717, 1.165) is 0 Å². The summed E-state index contributed by atoms with van der Waals surface area (Å²) in [5.74, 6) is -6.51. The molecule has 0 radical (unpaired) electrons. The van der Waals surface area contributed by atoms with Gasteiger partial charge in [0.25, 0.3) is 0 Å². The summed E-state index contributed by atoms with van der Waals surface area (Å²) < 4.78 is 0. The van der Waals surface area contributed by atoms with Gasteiger partial charge in [0.15, 0.2) is 5.96 Å². The lowest BCUT2D eigenvalue weighted by Gasteiger charge is -2.25. The zero-order chi connectivity index (χ0) is 28.0. The lowest BCUT2D eigenvalue weighted by Crippen LogP contribution is -2.58. The number of rotatable bonds is 17. The number of primary amides is 2. The minimum absolute atomic E-state index is 0.0665. The molecule has 204 valence electrons. The maximum absolute atomic E-state index is 12.8. The third kappa shape index (κ3) is 12.5. The Labute approximate surface area is 208 Å². The van der Waals surface area contributed by atoms with Gasteiger partial charge in [-0.05, 0) is 18.8 Å². The van der Waals surface area contributed by atoms with Crippen molar-refractivity contribution in [3.63, 3.8) is 0 Å². The van der Waals surface area contributed by atoms with Crippen molar-refractivity contribution in [1.82, 2.24) is 16.0 Å². The number of hydrogen-bond acceptors (Lipinski definition) is 8. The molecule has 0 aromatic rings. The predicted octanol–water partition coefficient (Wildman–Crippen LogP) is -4.30. The first-order valence-corrected chi connectivity index (χ1v) is 11.2. The third-order valence-electron chi connectivity index (χ3n) is 5.20. The van der Waals surface area contributed by atoms with Gasteiger partial charge in [-0.2, -0.15) is 0 Å². The number of guanidine groups is 1. The largest absolute Gasteiger partial charge is 0.480 e. The van der Waals surface area contributed by atoms with Crippen molar-refractivity contribution in [1.29, 1.82) is 0 Å². The van der Waals surface area contributed by atoms with Crippen LogP contribution in [0.4, 0.5) is 0 Å².